The maximum Gasteiger partial charge on any atom is 0.271 e. The Morgan fingerprint density at radius 3 is 2.35 bits per heavy atom. The number of nitrogens with one attached hydrogen (secondary N) is 2. The van der Waals surface area contributed by atoms with Crippen LogP contribution in [0.2, 0.25) is 0 Å². The van der Waals surface area contributed by atoms with E-state index < -0.39 is 20.9 Å². The van der Waals surface area contributed by atoms with E-state index in [2.05, 4.69) is 10.0 Å². The molecule has 3 aromatic carbocycles. The van der Waals surface area contributed by atoms with Gasteiger partial charge in [-0.1, -0.05) is 24.3 Å². The van der Waals surface area contributed by atoms with Crippen LogP contribution in [0.5, 0.6) is 5.75 Å². The molecule has 160 valence electrons. The first-order valence-electron chi connectivity index (χ1n) is 9.03. The number of amides is 1. The van der Waals surface area contributed by atoms with E-state index in [0.29, 0.717) is 5.56 Å². The Morgan fingerprint density at radius 1 is 1.00 bits per heavy atom. The molecule has 0 radical (unpaired) electrons. The molecule has 0 aromatic heterocycles. The third-order valence-corrected chi connectivity index (χ3v) is 5.82. The monoisotopic (exact) mass is 441 g/mol. The van der Waals surface area contributed by atoms with Crippen molar-refractivity contribution >= 4 is 33.0 Å². The quantitative estimate of drug-likeness (QED) is 0.422. The lowest BCUT2D eigenvalue weighted by Gasteiger charge is -2.13. The molecule has 0 spiro atoms. The van der Waals surface area contributed by atoms with Crippen LogP contribution in [0.25, 0.3) is 0 Å². The molecule has 3 aromatic rings. The minimum Gasteiger partial charge on any atom is -0.495 e. The van der Waals surface area contributed by atoms with Gasteiger partial charge >= 0.3 is 0 Å². The molecule has 1 amide bonds. The molecular weight excluding hydrogens is 422 g/mol. The van der Waals surface area contributed by atoms with Gasteiger partial charge < -0.3 is 10.1 Å². The third kappa shape index (κ3) is 4.98. The molecule has 0 saturated heterocycles. The van der Waals surface area contributed by atoms with Crippen LogP contribution in [0, 0.1) is 17.0 Å². The lowest BCUT2D eigenvalue weighted by molar-refractivity contribution is -0.384. The maximum absolute atomic E-state index is 12.7. The van der Waals surface area contributed by atoms with Crippen LogP contribution in [0.4, 0.5) is 17.1 Å². The molecule has 0 aliphatic carbocycles. The van der Waals surface area contributed by atoms with E-state index in [1.54, 1.807) is 31.2 Å². The number of rotatable bonds is 7. The summed E-state index contributed by atoms with van der Waals surface area (Å²) in [5.41, 5.74) is 0.918. The number of ether oxygens (including phenoxy) is 1. The minimum atomic E-state index is -3.84. The zero-order valence-corrected chi connectivity index (χ0v) is 17.5. The van der Waals surface area contributed by atoms with Crippen molar-refractivity contribution in [3.8, 4) is 5.75 Å². The van der Waals surface area contributed by atoms with Crippen LogP contribution < -0.4 is 14.8 Å². The van der Waals surface area contributed by atoms with E-state index in [1.165, 1.54) is 49.6 Å². The zero-order valence-electron chi connectivity index (χ0n) is 16.7. The number of nitro groups is 1. The van der Waals surface area contributed by atoms with Crippen LogP contribution in [0.3, 0.4) is 0 Å². The van der Waals surface area contributed by atoms with Gasteiger partial charge in [0.2, 0.25) is 0 Å². The van der Waals surface area contributed by atoms with Crippen molar-refractivity contribution in [1.82, 2.24) is 0 Å². The Morgan fingerprint density at radius 2 is 1.71 bits per heavy atom. The number of hydrogen-bond donors (Lipinski definition) is 2. The molecule has 0 atom stereocenters. The molecular formula is C21H19N3O6S. The van der Waals surface area contributed by atoms with Crippen LogP contribution in [-0.2, 0) is 10.0 Å². The molecule has 0 unspecified atom stereocenters. The summed E-state index contributed by atoms with van der Waals surface area (Å²) >= 11 is 0. The summed E-state index contributed by atoms with van der Waals surface area (Å²) in [7, 11) is -2.47. The highest BCUT2D eigenvalue weighted by atomic mass is 32.2. The smallest absolute Gasteiger partial charge is 0.271 e. The predicted octanol–water partition coefficient (Wildman–Crippen LogP) is 3.96. The molecule has 2 N–H and O–H groups in total. The number of carbonyl (C=O) groups is 1. The summed E-state index contributed by atoms with van der Waals surface area (Å²) in [5, 5.41) is 13.6. The van der Waals surface area contributed by atoms with Gasteiger partial charge in [-0.25, -0.2) is 8.42 Å². The summed E-state index contributed by atoms with van der Waals surface area (Å²) in [6.07, 6.45) is 0. The van der Waals surface area contributed by atoms with Gasteiger partial charge in [-0.15, -0.1) is 0 Å². The standard InChI is InChI=1S/C21H19N3O6S/c1-14-8-9-15(12-18(14)23-31(28,29)17-6-4-3-5-7-17)21(25)22-19-13-16(24(26)27)10-11-20(19)30-2/h3-13,23H,1-2H3,(H,22,25). The average Bonchev–Trinajstić information content (AvgIpc) is 2.75. The first-order valence-corrected chi connectivity index (χ1v) is 10.5. The van der Waals surface area contributed by atoms with Crippen molar-refractivity contribution in [2.45, 2.75) is 11.8 Å². The van der Waals surface area contributed by atoms with Crippen molar-refractivity contribution in [1.29, 1.82) is 0 Å². The van der Waals surface area contributed by atoms with Crippen LogP contribution in [-0.4, -0.2) is 26.4 Å². The fourth-order valence-electron chi connectivity index (χ4n) is 2.78. The van der Waals surface area contributed by atoms with E-state index in [0.717, 1.165) is 0 Å². The molecule has 0 fully saturated rings. The lowest BCUT2D eigenvalue weighted by atomic mass is 10.1. The maximum atomic E-state index is 12.7. The predicted molar refractivity (Wildman–Crippen MR) is 116 cm³/mol. The van der Waals surface area contributed by atoms with Gasteiger partial charge in [0.15, 0.2) is 0 Å². The number of sulfonamides is 1. The molecule has 0 bridgehead atoms. The Bertz CT molecular complexity index is 1240. The topological polar surface area (TPSA) is 128 Å². The summed E-state index contributed by atoms with van der Waals surface area (Å²) in [6, 6.07) is 16.2. The Labute approximate surface area is 178 Å². The number of hydrogen-bond acceptors (Lipinski definition) is 6. The molecule has 3 rings (SSSR count). The van der Waals surface area contributed by atoms with Gasteiger partial charge in [-0.3, -0.25) is 19.6 Å². The molecule has 0 aliphatic heterocycles. The first kappa shape index (κ1) is 21.8. The van der Waals surface area contributed by atoms with E-state index in [1.807, 2.05) is 0 Å². The molecule has 9 nitrogen and oxygen atoms in total. The fourth-order valence-corrected chi connectivity index (χ4v) is 3.92. The lowest BCUT2D eigenvalue weighted by Crippen LogP contribution is -2.16. The number of nitro benzene ring substituents is 1. The number of carbonyl (C=O) groups excluding carboxylic acids is 1. The van der Waals surface area contributed by atoms with Gasteiger partial charge in [0.1, 0.15) is 5.75 Å². The fraction of sp³-hybridized carbons (Fsp3) is 0.0952. The first-order chi connectivity index (χ1) is 14.7. The average molecular weight is 441 g/mol. The van der Waals surface area contributed by atoms with Crippen molar-refractivity contribution in [2.75, 3.05) is 17.1 Å². The molecule has 0 saturated carbocycles. The summed E-state index contributed by atoms with van der Waals surface area (Å²) in [6.45, 7) is 1.70. The van der Waals surface area contributed by atoms with Crippen molar-refractivity contribution in [3.05, 3.63) is 88.0 Å². The molecule has 10 heteroatoms. The highest BCUT2D eigenvalue weighted by Gasteiger charge is 2.18. The van der Waals surface area contributed by atoms with E-state index in [9.17, 15) is 23.3 Å². The van der Waals surface area contributed by atoms with E-state index in [4.69, 9.17) is 4.74 Å². The second kappa shape index (κ2) is 8.84. The normalized spacial score (nSPS) is 10.9. The largest absolute Gasteiger partial charge is 0.495 e. The Kier molecular flexibility index (Phi) is 6.21. The molecule has 31 heavy (non-hydrogen) atoms. The van der Waals surface area contributed by atoms with Crippen LogP contribution in [0.1, 0.15) is 15.9 Å². The number of anilines is 2. The third-order valence-electron chi connectivity index (χ3n) is 4.44. The number of non-ortho nitro benzene ring substituents is 1. The number of methoxy groups -OCH3 is 1. The summed E-state index contributed by atoms with van der Waals surface area (Å²) < 4.78 is 32.9. The van der Waals surface area contributed by atoms with Crippen molar-refractivity contribution in [2.24, 2.45) is 0 Å². The Balaban J connectivity index is 1.89. The molecule has 0 aliphatic rings. The van der Waals surface area contributed by atoms with Gasteiger partial charge in [0.05, 0.1) is 28.3 Å². The number of benzene rings is 3. The van der Waals surface area contributed by atoms with Gasteiger partial charge in [-0.2, -0.15) is 0 Å². The van der Waals surface area contributed by atoms with Crippen LogP contribution in [0.15, 0.2) is 71.6 Å². The number of nitrogens with zero attached hydrogens (tertiary/aromatic N) is 1. The minimum absolute atomic E-state index is 0.0885. The highest BCUT2D eigenvalue weighted by Crippen LogP contribution is 2.30. The molecule has 0 heterocycles. The second-order valence-corrected chi connectivity index (χ2v) is 8.23. The highest BCUT2D eigenvalue weighted by molar-refractivity contribution is 7.92. The van der Waals surface area contributed by atoms with Crippen molar-refractivity contribution in [3.63, 3.8) is 0 Å². The number of aryl methyl sites for hydroxylation is 1. The van der Waals surface area contributed by atoms with Crippen molar-refractivity contribution < 1.29 is 22.9 Å². The van der Waals surface area contributed by atoms with Gasteiger partial charge in [0, 0.05) is 17.7 Å². The van der Waals surface area contributed by atoms with Crippen LogP contribution >= 0.6 is 0 Å². The van der Waals surface area contributed by atoms with Gasteiger partial charge in [0.25, 0.3) is 21.6 Å². The Hall–Kier alpha value is -3.92. The summed E-state index contributed by atoms with van der Waals surface area (Å²) in [5.74, 6) is -0.338. The van der Waals surface area contributed by atoms with E-state index >= 15 is 0 Å². The zero-order chi connectivity index (χ0) is 22.6. The summed E-state index contributed by atoms with van der Waals surface area (Å²) in [4.78, 5) is 23.3. The SMILES string of the molecule is COc1ccc([N+](=O)[O-])cc1NC(=O)c1ccc(C)c(NS(=O)(=O)c2ccccc2)c1. The van der Waals surface area contributed by atoms with E-state index in [-0.39, 0.29) is 33.3 Å². The van der Waals surface area contributed by atoms with Gasteiger partial charge in [-0.05, 0) is 42.8 Å². The second-order valence-electron chi connectivity index (χ2n) is 6.54.